The van der Waals surface area contributed by atoms with Gasteiger partial charge in [0.05, 0.1) is 11.8 Å². The lowest BCUT2D eigenvalue weighted by Gasteiger charge is -2.14. The smallest absolute Gasteiger partial charge is 0.307 e. The molecule has 1 amide bonds. The van der Waals surface area contributed by atoms with Gasteiger partial charge in [-0.25, -0.2) is 4.39 Å². The topological polar surface area (TPSA) is 66.4 Å². The van der Waals surface area contributed by atoms with Gasteiger partial charge in [-0.3, -0.25) is 9.59 Å². The molecule has 0 heterocycles. The minimum atomic E-state index is -0.925. The van der Waals surface area contributed by atoms with Crippen LogP contribution in [0.3, 0.4) is 0 Å². The zero-order chi connectivity index (χ0) is 15.8. The number of carboxylic acid groups (broad SMARTS) is 1. The van der Waals surface area contributed by atoms with Gasteiger partial charge in [-0.15, -0.1) is 0 Å². The molecule has 4 nitrogen and oxygen atoms in total. The van der Waals surface area contributed by atoms with Gasteiger partial charge >= 0.3 is 5.97 Å². The van der Waals surface area contributed by atoms with Gasteiger partial charge in [0.1, 0.15) is 5.82 Å². The first-order valence-electron chi connectivity index (χ1n) is 7.01. The molecule has 0 bridgehead atoms. The highest BCUT2D eigenvalue weighted by atomic mass is 19.1. The highest BCUT2D eigenvalue weighted by Crippen LogP contribution is 2.58. The molecule has 3 unspecified atom stereocenters. The summed E-state index contributed by atoms with van der Waals surface area (Å²) >= 11 is 0. The molecule has 1 aliphatic rings. The van der Waals surface area contributed by atoms with Crippen molar-refractivity contribution < 1.29 is 19.1 Å². The lowest BCUT2D eigenvalue weighted by molar-refractivity contribution is -0.140. The zero-order valence-corrected chi connectivity index (χ0v) is 12.4. The third-order valence-corrected chi connectivity index (χ3v) is 4.22. The Balaban J connectivity index is 1.91. The molecule has 1 fully saturated rings. The maximum absolute atomic E-state index is 12.8. The maximum atomic E-state index is 12.8. The van der Waals surface area contributed by atoms with Crippen LogP contribution in [0.5, 0.6) is 0 Å². The summed E-state index contributed by atoms with van der Waals surface area (Å²) in [7, 11) is 0. The van der Waals surface area contributed by atoms with Crippen molar-refractivity contribution in [1.29, 1.82) is 0 Å². The SMILES string of the molecule is CC(Cc1ccc(F)cc1)NC(=O)C1C(C(=O)O)C1(C)C. The van der Waals surface area contributed by atoms with E-state index in [1.54, 1.807) is 26.0 Å². The van der Waals surface area contributed by atoms with E-state index in [4.69, 9.17) is 5.11 Å². The number of rotatable bonds is 5. The van der Waals surface area contributed by atoms with Crippen LogP contribution in [-0.2, 0) is 16.0 Å². The summed E-state index contributed by atoms with van der Waals surface area (Å²) in [6, 6.07) is 6.00. The molecule has 1 saturated carbocycles. The number of carbonyl (C=O) groups is 2. The molecular weight excluding hydrogens is 273 g/mol. The molecule has 2 rings (SSSR count). The Morgan fingerprint density at radius 2 is 1.86 bits per heavy atom. The summed E-state index contributed by atoms with van der Waals surface area (Å²) in [5.74, 6) is -2.53. The number of hydrogen-bond donors (Lipinski definition) is 2. The van der Waals surface area contributed by atoms with Crippen LogP contribution in [0.15, 0.2) is 24.3 Å². The number of nitrogens with one attached hydrogen (secondary N) is 1. The molecule has 21 heavy (non-hydrogen) atoms. The monoisotopic (exact) mass is 293 g/mol. The predicted molar refractivity (Wildman–Crippen MR) is 76.1 cm³/mol. The predicted octanol–water partition coefficient (Wildman–Crippen LogP) is 2.23. The second-order valence-corrected chi connectivity index (χ2v) is 6.36. The van der Waals surface area contributed by atoms with Crippen LogP contribution < -0.4 is 5.32 Å². The quantitative estimate of drug-likeness (QED) is 0.875. The second-order valence-electron chi connectivity index (χ2n) is 6.36. The summed E-state index contributed by atoms with van der Waals surface area (Å²) in [6.45, 7) is 5.44. The van der Waals surface area contributed by atoms with Gasteiger partial charge < -0.3 is 10.4 Å². The molecule has 5 heteroatoms. The van der Waals surface area contributed by atoms with Crippen LogP contribution in [0.2, 0.25) is 0 Å². The molecule has 1 aliphatic carbocycles. The number of carbonyl (C=O) groups excluding carboxylic acids is 1. The lowest BCUT2D eigenvalue weighted by Crippen LogP contribution is -2.36. The molecule has 1 aromatic carbocycles. The molecule has 0 saturated heterocycles. The summed E-state index contributed by atoms with van der Waals surface area (Å²) in [5, 5.41) is 11.9. The first-order chi connectivity index (χ1) is 9.73. The average molecular weight is 293 g/mol. The Bertz CT molecular complexity index is 553. The van der Waals surface area contributed by atoms with Crippen molar-refractivity contribution in [3.8, 4) is 0 Å². The van der Waals surface area contributed by atoms with Crippen molar-refractivity contribution in [3.05, 3.63) is 35.6 Å². The van der Waals surface area contributed by atoms with E-state index in [1.165, 1.54) is 12.1 Å². The molecule has 0 aliphatic heterocycles. The minimum absolute atomic E-state index is 0.131. The third-order valence-electron chi connectivity index (χ3n) is 4.22. The normalized spacial score (nSPS) is 24.2. The summed E-state index contributed by atoms with van der Waals surface area (Å²) in [6.07, 6.45) is 0.580. The number of aliphatic carboxylic acids is 1. The van der Waals surface area contributed by atoms with Gasteiger partial charge in [0.25, 0.3) is 0 Å². The van der Waals surface area contributed by atoms with Crippen LogP contribution in [-0.4, -0.2) is 23.0 Å². The molecule has 3 atom stereocenters. The summed E-state index contributed by atoms with van der Waals surface area (Å²) in [4.78, 5) is 23.2. The number of benzene rings is 1. The fourth-order valence-corrected chi connectivity index (χ4v) is 2.95. The van der Waals surface area contributed by atoms with Crippen molar-refractivity contribution in [3.63, 3.8) is 0 Å². The van der Waals surface area contributed by atoms with E-state index in [2.05, 4.69) is 5.32 Å². The van der Waals surface area contributed by atoms with E-state index in [0.717, 1.165) is 5.56 Å². The van der Waals surface area contributed by atoms with Crippen LogP contribution >= 0.6 is 0 Å². The van der Waals surface area contributed by atoms with Gasteiger partial charge in [0.2, 0.25) is 5.91 Å². The Morgan fingerprint density at radius 1 is 1.29 bits per heavy atom. The Labute approximate surface area is 123 Å². The largest absolute Gasteiger partial charge is 0.481 e. The van der Waals surface area contributed by atoms with Crippen molar-refractivity contribution in [1.82, 2.24) is 5.32 Å². The van der Waals surface area contributed by atoms with E-state index in [9.17, 15) is 14.0 Å². The van der Waals surface area contributed by atoms with E-state index in [-0.39, 0.29) is 17.8 Å². The molecule has 0 aromatic heterocycles. The van der Waals surface area contributed by atoms with Gasteiger partial charge in [-0.1, -0.05) is 26.0 Å². The Hall–Kier alpha value is -1.91. The number of amides is 1. The van der Waals surface area contributed by atoms with Gasteiger partial charge in [0.15, 0.2) is 0 Å². The first kappa shape index (κ1) is 15.5. The van der Waals surface area contributed by atoms with Crippen molar-refractivity contribution in [2.45, 2.75) is 33.2 Å². The highest BCUT2D eigenvalue weighted by molar-refractivity contribution is 5.91. The van der Waals surface area contributed by atoms with Gasteiger partial charge in [0, 0.05) is 6.04 Å². The standard InChI is InChI=1S/C16H20FNO3/c1-9(8-10-4-6-11(17)7-5-10)18-14(19)12-13(15(20)21)16(12,2)3/h4-7,9,12-13H,8H2,1-3H3,(H,18,19)(H,20,21). The lowest BCUT2D eigenvalue weighted by atomic mass is 10.1. The third kappa shape index (κ3) is 3.23. The fourth-order valence-electron chi connectivity index (χ4n) is 2.95. The Kier molecular flexibility index (Phi) is 4.03. The highest BCUT2D eigenvalue weighted by Gasteiger charge is 2.65. The number of halogens is 1. The number of hydrogen-bond acceptors (Lipinski definition) is 2. The Morgan fingerprint density at radius 3 is 2.33 bits per heavy atom. The molecular formula is C16H20FNO3. The second kappa shape index (κ2) is 5.47. The van der Waals surface area contributed by atoms with E-state index in [0.29, 0.717) is 6.42 Å². The summed E-state index contributed by atoms with van der Waals surface area (Å²) in [5.41, 5.74) is 0.431. The minimum Gasteiger partial charge on any atom is -0.481 e. The van der Waals surface area contributed by atoms with E-state index >= 15 is 0 Å². The molecule has 0 spiro atoms. The van der Waals surface area contributed by atoms with Crippen molar-refractivity contribution >= 4 is 11.9 Å². The van der Waals surface area contributed by atoms with Crippen LogP contribution in [0.25, 0.3) is 0 Å². The summed E-state index contributed by atoms with van der Waals surface area (Å²) < 4.78 is 12.8. The maximum Gasteiger partial charge on any atom is 0.307 e. The van der Waals surface area contributed by atoms with Crippen molar-refractivity contribution in [2.24, 2.45) is 17.3 Å². The van der Waals surface area contributed by atoms with Gasteiger partial charge in [-0.05, 0) is 36.5 Å². The van der Waals surface area contributed by atoms with Crippen LogP contribution in [0.1, 0.15) is 26.3 Å². The first-order valence-corrected chi connectivity index (χ1v) is 7.01. The molecule has 1 aromatic rings. The van der Waals surface area contributed by atoms with E-state index in [1.807, 2.05) is 6.92 Å². The molecule has 114 valence electrons. The molecule has 2 N–H and O–H groups in total. The average Bonchev–Trinajstić information content (AvgIpc) is 2.95. The van der Waals surface area contributed by atoms with E-state index < -0.39 is 23.2 Å². The zero-order valence-electron chi connectivity index (χ0n) is 12.4. The van der Waals surface area contributed by atoms with Crippen LogP contribution in [0, 0.1) is 23.1 Å². The molecule has 0 radical (unpaired) electrons. The fraction of sp³-hybridized carbons (Fsp3) is 0.500. The van der Waals surface area contributed by atoms with Crippen LogP contribution in [0.4, 0.5) is 4.39 Å². The van der Waals surface area contributed by atoms with Crippen molar-refractivity contribution in [2.75, 3.05) is 0 Å². The number of carboxylic acids is 1. The van der Waals surface area contributed by atoms with Gasteiger partial charge in [-0.2, -0.15) is 0 Å².